The highest BCUT2D eigenvalue weighted by atomic mass is 15.4. The van der Waals surface area contributed by atoms with Gasteiger partial charge in [0.05, 0.1) is 0 Å². The molecule has 0 fully saturated rings. The Morgan fingerprint density at radius 2 is 0.561 bits per heavy atom. The molecule has 0 aromatic carbocycles. The molecule has 0 amide bonds. The van der Waals surface area contributed by atoms with Crippen molar-refractivity contribution in [3.05, 3.63) is 12.4 Å². The summed E-state index contributed by atoms with van der Waals surface area (Å²) in [6.45, 7) is 9.49. The zero-order valence-electron chi connectivity index (χ0n) is 29.0. The van der Waals surface area contributed by atoms with Crippen molar-refractivity contribution in [1.82, 2.24) is 9.80 Å². The summed E-state index contributed by atoms with van der Waals surface area (Å²) in [4.78, 5) is 5.36. The molecule has 0 saturated carbocycles. The zero-order valence-corrected chi connectivity index (χ0v) is 29.0. The summed E-state index contributed by atoms with van der Waals surface area (Å²) in [6.07, 6.45) is 50.0. The quantitative estimate of drug-likeness (QED) is 0.0719. The van der Waals surface area contributed by atoms with Gasteiger partial charge >= 0.3 is 0 Å². The summed E-state index contributed by atoms with van der Waals surface area (Å²) in [7, 11) is 0. The molecule has 1 rings (SSSR count). The molecule has 244 valence electrons. The smallest absolute Gasteiger partial charge is 0.101 e. The van der Waals surface area contributed by atoms with E-state index in [0.29, 0.717) is 6.17 Å². The van der Waals surface area contributed by atoms with Crippen LogP contribution in [-0.2, 0) is 0 Å². The molecular weight excluding hydrogens is 496 g/mol. The SMILES string of the molecule is CCCCCCCCCCCCCCCCCCCN1C=CN(CCCCCCCCCCCCC)C1CCCC. The molecule has 1 aliphatic rings. The lowest BCUT2D eigenvalue weighted by Gasteiger charge is -2.33. The van der Waals surface area contributed by atoms with E-state index in [1.54, 1.807) is 0 Å². The second-order valence-corrected chi connectivity index (χ2v) is 13.6. The molecule has 0 bridgehead atoms. The first-order chi connectivity index (χ1) is 20.3. The fraction of sp³-hybridized carbons (Fsp3) is 0.949. The second kappa shape index (κ2) is 30.8. The highest BCUT2D eigenvalue weighted by Gasteiger charge is 2.24. The predicted octanol–water partition coefficient (Wildman–Crippen LogP) is 13.6. The third-order valence-electron chi connectivity index (χ3n) is 9.57. The van der Waals surface area contributed by atoms with Crippen molar-refractivity contribution in [3.63, 3.8) is 0 Å². The summed E-state index contributed by atoms with van der Waals surface area (Å²) < 4.78 is 0. The third kappa shape index (κ3) is 23.5. The summed E-state index contributed by atoms with van der Waals surface area (Å²) in [5.41, 5.74) is 0. The minimum Gasteiger partial charge on any atom is -0.356 e. The van der Waals surface area contributed by atoms with Crippen LogP contribution in [0.15, 0.2) is 12.4 Å². The van der Waals surface area contributed by atoms with E-state index in [-0.39, 0.29) is 0 Å². The molecule has 0 spiro atoms. The molecule has 0 radical (unpaired) electrons. The largest absolute Gasteiger partial charge is 0.356 e. The van der Waals surface area contributed by atoms with Crippen LogP contribution in [0, 0.1) is 0 Å². The Bertz CT molecular complexity index is 530. The van der Waals surface area contributed by atoms with Gasteiger partial charge < -0.3 is 9.80 Å². The number of hydrogen-bond donors (Lipinski definition) is 0. The Balaban J connectivity index is 1.97. The maximum absolute atomic E-state index is 2.68. The van der Waals surface area contributed by atoms with Crippen molar-refractivity contribution in [2.45, 2.75) is 226 Å². The average molecular weight is 575 g/mol. The van der Waals surface area contributed by atoms with Gasteiger partial charge in [-0.15, -0.1) is 0 Å². The van der Waals surface area contributed by atoms with Gasteiger partial charge in [-0.1, -0.05) is 194 Å². The van der Waals surface area contributed by atoms with Gasteiger partial charge in [0.15, 0.2) is 0 Å². The van der Waals surface area contributed by atoms with Gasteiger partial charge in [0, 0.05) is 25.5 Å². The topological polar surface area (TPSA) is 6.48 Å². The van der Waals surface area contributed by atoms with Crippen molar-refractivity contribution in [1.29, 1.82) is 0 Å². The van der Waals surface area contributed by atoms with Crippen molar-refractivity contribution < 1.29 is 0 Å². The molecule has 1 heterocycles. The van der Waals surface area contributed by atoms with E-state index in [1.165, 1.54) is 212 Å². The molecular formula is C39H78N2. The van der Waals surface area contributed by atoms with E-state index in [1.807, 2.05) is 0 Å². The van der Waals surface area contributed by atoms with E-state index in [9.17, 15) is 0 Å². The fourth-order valence-corrected chi connectivity index (χ4v) is 6.70. The minimum absolute atomic E-state index is 0.638. The Labute approximate surface area is 260 Å². The predicted molar refractivity (Wildman–Crippen MR) is 186 cm³/mol. The third-order valence-corrected chi connectivity index (χ3v) is 9.57. The molecule has 0 aromatic rings. The monoisotopic (exact) mass is 575 g/mol. The maximum Gasteiger partial charge on any atom is 0.101 e. The summed E-state index contributed by atoms with van der Waals surface area (Å²) in [5, 5.41) is 0. The highest BCUT2D eigenvalue weighted by molar-refractivity contribution is 4.96. The van der Waals surface area contributed by atoms with Crippen LogP contribution in [0.25, 0.3) is 0 Å². The van der Waals surface area contributed by atoms with Crippen LogP contribution in [0.5, 0.6) is 0 Å². The van der Waals surface area contributed by atoms with Gasteiger partial charge in [-0.05, 0) is 25.7 Å². The van der Waals surface area contributed by atoms with Crippen LogP contribution in [0.4, 0.5) is 0 Å². The molecule has 2 heteroatoms. The number of nitrogens with zero attached hydrogens (tertiary/aromatic N) is 2. The lowest BCUT2D eigenvalue weighted by Crippen LogP contribution is -2.39. The van der Waals surface area contributed by atoms with Gasteiger partial charge in [0.25, 0.3) is 0 Å². The Kier molecular flexibility index (Phi) is 28.8. The Morgan fingerprint density at radius 1 is 0.317 bits per heavy atom. The van der Waals surface area contributed by atoms with E-state index in [0.717, 1.165) is 0 Å². The van der Waals surface area contributed by atoms with Crippen molar-refractivity contribution in [2.24, 2.45) is 0 Å². The molecule has 0 N–H and O–H groups in total. The van der Waals surface area contributed by atoms with E-state index >= 15 is 0 Å². The average Bonchev–Trinajstić information content (AvgIpc) is 3.37. The number of rotatable bonds is 33. The first kappa shape index (κ1) is 38.4. The number of unbranched alkanes of at least 4 members (excludes halogenated alkanes) is 27. The summed E-state index contributed by atoms with van der Waals surface area (Å²) >= 11 is 0. The molecule has 1 atom stereocenters. The Morgan fingerprint density at radius 3 is 0.829 bits per heavy atom. The van der Waals surface area contributed by atoms with Crippen LogP contribution in [0.1, 0.15) is 220 Å². The molecule has 0 aliphatic carbocycles. The molecule has 1 unspecified atom stereocenters. The second-order valence-electron chi connectivity index (χ2n) is 13.6. The molecule has 1 aliphatic heterocycles. The van der Waals surface area contributed by atoms with Crippen LogP contribution < -0.4 is 0 Å². The maximum atomic E-state index is 2.68. The Hall–Kier alpha value is -0.660. The zero-order chi connectivity index (χ0) is 29.5. The van der Waals surface area contributed by atoms with Crippen LogP contribution >= 0.6 is 0 Å². The lowest BCUT2D eigenvalue weighted by atomic mass is 10.0. The first-order valence-corrected chi connectivity index (χ1v) is 19.5. The first-order valence-electron chi connectivity index (χ1n) is 19.5. The number of hydrogen-bond acceptors (Lipinski definition) is 2. The standard InChI is InChI=1S/C39H78N2/c1-4-7-10-12-14-16-18-19-20-21-22-23-25-27-29-31-33-36-41-38-37-40(39(41)34-9-6-3)35-32-30-28-26-24-17-15-13-11-8-5-2/h37-39H,4-36H2,1-3H3. The van der Waals surface area contributed by atoms with Gasteiger partial charge in [0.2, 0.25) is 0 Å². The van der Waals surface area contributed by atoms with Gasteiger partial charge in [-0.2, -0.15) is 0 Å². The van der Waals surface area contributed by atoms with Crippen molar-refractivity contribution >= 4 is 0 Å². The van der Waals surface area contributed by atoms with Crippen LogP contribution in [0.3, 0.4) is 0 Å². The van der Waals surface area contributed by atoms with Gasteiger partial charge in [0.1, 0.15) is 6.17 Å². The van der Waals surface area contributed by atoms with Crippen LogP contribution in [0.2, 0.25) is 0 Å². The molecule has 0 saturated heterocycles. The van der Waals surface area contributed by atoms with Crippen molar-refractivity contribution in [2.75, 3.05) is 13.1 Å². The minimum atomic E-state index is 0.638. The summed E-state index contributed by atoms with van der Waals surface area (Å²) in [5.74, 6) is 0. The molecule has 0 aromatic heterocycles. The highest BCUT2D eigenvalue weighted by Crippen LogP contribution is 2.23. The van der Waals surface area contributed by atoms with E-state index in [4.69, 9.17) is 0 Å². The van der Waals surface area contributed by atoms with Crippen molar-refractivity contribution in [3.8, 4) is 0 Å². The van der Waals surface area contributed by atoms with Gasteiger partial charge in [-0.25, -0.2) is 0 Å². The van der Waals surface area contributed by atoms with E-state index in [2.05, 4.69) is 43.0 Å². The summed E-state index contributed by atoms with van der Waals surface area (Å²) in [6, 6.07) is 0. The fourth-order valence-electron chi connectivity index (χ4n) is 6.70. The molecule has 2 nitrogen and oxygen atoms in total. The van der Waals surface area contributed by atoms with Gasteiger partial charge in [-0.3, -0.25) is 0 Å². The lowest BCUT2D eigenvalue weighted by molar-refractivity contribution is 0.136. The van der Waals surface area contributed by atoms with Crippen LogP contribution in [-0.4, -0.2) is 29.1 Å². The molecule has 41 heavy (non-hydrogen) atoms. The van der Waals surface area contributed by atoms with E-state index < -0.39 is 0 Å². The normalized spacial score (nSPS) is 15.0.